The Morgan fingerprint density at radius 3 is 1.29 bits per heavy atom. The van der Waals surface area contributed by atoms with Crippen LogP contribution in [0.3, 0.4) is 0 Å². The Bertz CT molecular complexity index is 221. The van der Waals surface area contributed by atoms with Crippen molar-refractivity contribution in [3.63, 3.8) is 0 Å². The van der Waals surface area contributed by atoms with Crippen LogP contribution in [0.4, 0.5) is 0 Å². The van der Waals surface area contributed by atoms with Crippen LogP contribution in [0.5, 0.6) is 0 Å². The molecule has 0 saturated carbocycles. The van der Waals surface area contributed by atoms with Crippen molar-refractivity contribution in [3.05, 3.63) is 0 Å². The monoisotopic (exact) mass is 278 g/mol. The van der Waals surface area contributed by atoms with Crippen LogP contribution in [0, 0.1) is 0 Å². The van der Waals surface area contributed by atoms with Crippen LogP contribution < -0.4 is 0 Å². The zero-order valence-corrected chi connectivity index (χ0v) is 7.02. The molecular formula is C2H11Na3O7P2. The average Bonchev–Trinajstić information content (AvgIpc) is 1.56. The van der Waals surface area contributed by atoms with Crippen molar-refractivity contribution in [3.8, 4) is 0 Å². The van der Waals surface area contributed by atoms with Gasteiger partial charge in [-0.2, -0.15) is 0 Å². The number of rotatable bonds is 3. The molecule has 0 bridgehead atoms. The van der Waals surface area contributed by atoms with Gasteiger partial charge in [-0.1, -0.05) is 0 Å². The zero-order chi connectivity index (χ0) is 9.28. The molecule has 12 heteroatoms. The molecular weight excluding hydrogens is 267 g/mol. The van der Waals surface area contributed by atoms with Crippen LogP contribution >= 0.6 is 15.2 Å². The van der Waals surface area contributed by atoms with Gasteiger partial charge in [0.25, 0.3) is 0 Å². The predicted molar refractivity (Wildman–Crippen MR) is 56.4 cm³/mol. The van der Waals surface area contributed by atoms with Crippen LogP contribution in [0.25, 0.3) is 0 Å². The van der Waals surface area contributed by atoms with Gasteiger partial charge in [0.2, 0.25) is 0 Å². The number of aliphatic hydroxyl groups is 1. The molecule has 0 aromatic rings. The molecule has 0 aliphatic carbocycles. The summed E-state index contributed by atoms with van der Waals surface area (Å²) in [6.45, 7) is 0. The van der Waals surface area contributed by atoms with Gasteiger partial charge in [0.05, 0.1) is 6.16 Å². The van der Waals surface area contributed by atoms with Crippen LogP contribution in [0.2, 0.25) is 0 Å². The SMILES string of the molecule is O=P(O)(O)CC(O)P(=O)(O)O.[NaH].[NaH].[NaH]. The molecule has 0 spiro atoms. The first kappa shape index (κ1) is 26.0. The van der Waals surface area contributed by atoms with E-state index in [0.717, 1.165) is 0 Å². The van der Waals surface area contributed by atoms with Crippen molar-refractivity contribution in [2.45, 2.75) is 5.85 Å². The summed E-state index contributed by atoms with van der Waals surface area (Å²) in [6.07, 6.45) is -1.22. The zero-order valence-electron chi connectivity index (χ0n) is 5.23. The van der Waals surface area contributed by atoms with E-state index in [0.29, 0.717) is 0 Å². The van der Waals surface area contributed by atoms with E-state index in [1.165, 1.54) is 0 Å². The van der Waals surface area contributed by atoms with Gasteiger partial charge in [0, 0.05) is 0 Å². The van der Waals surface area contributed by atoms with Gasteiger partial charge in [-0.3, -0.25) is 9.13 Å². The van der Waals surface area contributed by atoms with Gasteiger partial charge in [0.1, 0.15) is 0 Å². The Kier molecular flexibility index (Phi) is 18.9. The topological polar surface area (TPSA) is 135 Å². The second kappa shape index (κ2) is 10.2. The normalized spacial score (nSPS) is 12.9. The van der Waals surface area contributed by atoms with Crippen molar-refractivity contribution in [2.75, 3.05) is 6.16 Å². The van der Waals surface area contributed by atoms with Gasteiger partial charge in [-0.25, -0.2) is 0 Å². The van der Waals surface area contributed by atoms with Crippen LogP contribution in [-0.2, 0) is 9.13 Å². The third-order valence-corrected chi connectivity index (χ3v) is 2.86. The van der Waals surface area contributed by atoms with E-state index >= 15 is 0 Å². The summed E-state index contributed by atoms with van der Waals surface area (Å²) in [4.78, 5) is 32.7. The van der Waals surface area contributed by atoms with E-state index < -0.39 is 27.2 Å². The van der Waals surface area contributed by atoms with E-state index in [4.69, 9.17) is 24.7 Å². The van der Waals surface area contributed by atoms with Gasteiger partial charge in [-0.15, -0.1) is 0 Å². The third-order valence-electron chi connectivity index (χ3n) is 0.789. The fourth-order valence-corrected chi connectivity index (χ4v) is 2.23. The van der Waals surface area contributed by atoms with Crippen LogP contribution in [-0.4, -0.2) is 125 Å². The summed E-state index contributed by atoms with van der Waals surface area (Å²) in [5.41, 5.74) is 0. The molecule has 0 rings (SSSR count). The minimum absolute atomic E-state index is 0. The number of hydrogen-bond acceptors (Lipinski definition) is 3. The van der Waals surface area contributed by atoms with Crippen LogP contribution in [0.1, 0.15) is 0 Å². The Labute approximate surface area is 147 Å². The molecule has 0 aliphatic heterocycles. The van der Waals surface area contributed by atoms with Gasteiger partial charge >= 0.3 is 104 Å². The van der Waals surface area contributed by atoms with Gasteiger partial charge in [0.15, 0.2) is 5.85 Å². The maximum absolute atomic E-state index is 10.1. The molecule has 1 atom stereocenters. The van der Waals surface area contributed by atoms with Crippen molar-refractivity contribution in [2.24, 2.45) is 0 Å². The van der Waals surface area contributed by atoms with Crippen molar-refractivity contribution < 1.29 is 33.8 Å². The first-order valence-electron chi connectivity index (χ1n) is 2.41. The summed E-state index contributed by atoms with van der Waals surface area (Å²) in [5, 5.41) is 8.47. The Hall–Kier alpha value is 3.26. The molecule has 0 heterocycles. The van der Waals surface area contributed by atoms with E-state index in [9.17, 15) is 9.13 Å². The Balaban J connectivity index is -0.000000167. The van der Waals surface area contributed by atoms with Crippen molar-refractivity contribution in [1.29, 1.82) is 0 Å². The standard InChI is InChI=1S/C2H8O7P2.3Na.3H/c3-2(11(7,8)9)1-10(4,5)6;;;;;;/h2-3H,1H2,(H2,4,5,6)(H2,7,8,9);;;;;;. The molecule has 0 aromatic heterocycles. The Morgan fingerprint density at radius 1 is 0.929 bits per heavy atom. The quantitative estimate of drug-likeness (QED) is 0.270. The molecule has 14 heavy (non-hydrogen) atoms. The summed E-state index contributed by atoms with van der Waals surface area (Å²) in [5.74, 6) is -2.29. The molecule has 5 N–H and O–H groups in total. The van der Waals surface area contributed by atoms with Crippen molar-refractivity contribution >= 4 is 104 Å². The average molecular weight is 278 g/mol. The van der Waals surface area contributed by atoms with Crippen LogP contribution in [0.15, 0.2) is 0 Å². The van der Waals surface area contributed by atoms with Crippen molar-refractivity contribution in [1.82, 2.24) is 0 Å². The van der Waals surface area contributed by atoms with Gasteiger partial charge < -0.3 is 24.7 Å². The molecule has 74 valence electrons. The second-order valence-electron chi connectivity index (χ2n) is 1.92. The maximum atomic E-state index is 10.1. The predicted octanol–water partition coefficient (Wildman–Crippen LogP) is -3.29. The summed E-state index contributed by atoms with van der Waals surface area (Å²) in [6, 6.07) is 0. The second-order valence-corrected chi connectivity index (χ2v) is 5.39. The van der Waals surface area contributed by atoms with E-state index in [1.54, 1.807) is 0 Å². The van der Waals surface area contributed by atoms with E-state index in [2.05, 4.69) is 0 Å². The fraction of sp³-hybridized carbons (Fsp3) is 1.00. The summed E-state index contributed by atoms with van der Waals surface area (Å²) < 4.78 is 20.2. The van der Waals surface area contributed by atoms with Gasteiger partial charge in [-0.05, 0) is 0 Å². The Morgan fingerprint density at radius 2 is 1.21 bits per heavy atom. The molecule has 0 saturated heterocycles. The molecule has 0 aliphatic rings. The third kappa shape index (κ3) is 15.3. The minimum atomic E-state index is -4.79. The molecule has 1 unspecified atom stereocenters. The molecule has 0 fully saturated rings. The molecule has 0 amide bonds. The summed E-state index contributed by atoms with van der Waals surface area (Å²) >= 11 is 0. The summed E-state index contributed by atoms with van der Waals surface area (Å²) in [7, 11) is -9.35. The molecule has 0 aromatic carbocycles. The fourth-order valence-electron chi connectivity index (χ4n) is 0.319. The first-order valence-corrected chi connectivity index (χ1v) is 5.89. The number of hydrogen-bond donors (Lipinski definition) is 5. The van der Waals surface area contributed by atoms with E-state index in [-0.39, 0.29) is 88.7 Å². The molecule has 7 nitrogen and oxygen atoms in total. The number of aliphatic hydroxyl groups excluding tert-OH is 1. The molecule has 0 radical (unpaired) electrons. The first-order chi connectivity index (χ1) is 4.63. The van der Waals surface area contributed by atoms with E-state index in [1.807, 2.05) is 0 Å².